The van der Waals surface area contributed by atoms with Gasteiger partial charge < -0.3 is 10.6 Å². The molecule has 0 atom stereocenters. The summed E-state index contributed by atoms with van der Waals surface area (Å²) in [7, 11) is -1.33. The number of hydrogen-bond acceptors (Lipinski definition) is 3. The summed E-state index contributed by atoms with van der Waals surface area (Å²) in [6.07, 6.45) is 1.58. The maximum Gasteiger partial charge on any atom is 0.214 e. The lowest BCUT2D eigenvalue weighted by Gasteiger charge is -2.16. The smallest absolute Gasteiger partial charge is 0.214 e. The molecule has 1 saturated heterocycles. The van der Waals surface area contributed by atoms with Gasteiger partial charge in [-0.15, -0.1) is 24.0 Å². The largest absolute Gasteiger partial charge is 0.356 e. The van der Waals surface area contributed by atoms with Gasteiger partial charge in [-0.05, 0) is 30.5 Å². The predicted octanol–water partition coefficient (Wildman–Crippen LogP) is 1.70. The number of hydrogen-bond donors (Lipinski definition) is 2. The first-order valence-electron chi connectivity index (χ1n) is 7.68. The minimum atomic E-state index is -3.03. The van der Waals surface area contributed by atoms with Crippen LogP contribution >= 0.6 is 35.6 Å². The molecule has 0 saturated carbocycles. The second-order valence-corrected chi connectivity index (χ2v) is 7.90. The average Bonchev–Trinajstić information content (AvgIpc) is 2.86. The van der Waals surface area contributed by atoms with Gasteiger partial charge >= 0.3 is 0 Å². The van der Waals surface area contributed by atoms with Gasteiger partial charge in [0.1, 0.15) is 0 Å². The molecule has 2 rings (SSSR count). The molecular formula is C15H24ClIN4O2S. The van der Waals surface area contributed by atoms with Crippen LogP contribution in [-0.2, 0) is 16.4 Å². The fourth-order valence-corrected chi connectivity index (χ4v) is 4.09. The van der Waals surface area contributed by atoms with Crippen molar-refractivity contribution in [3.63, 3.8) is 0 Å². The van der Waals surface area contributed by atoms with Gasteiger partial charge in [-0.25, -0.2) is 12.7 Å². The lowest BCUT2D eigenvalue weighted by atomic mass is 10.1. The second-order valence-electron chi connectivity index (χ2n) is 5.37. The van der Waals surface area contributed by atoms with E-state index in [-0.39, 0.29) is 29.7 Å². The van der Waals surface area contributed by atoms with E-state index in [4.69, 9.17) is 11.6 Å². The zero-order valence-corrected chi connectivity index (χ0v) is 17.6. The Morgan fingerprint density at radius 1 is 1.25 bits per heavy atom. The van der Waals surface area contributed by atoms with Gasteiger partial charge in [0.15, 0.2) is 5.96 Å². The van der Waals surface area contributed by atoms with Crippen LogP contribution < -0.4 is 10.6 Å². The predicted molar refractivity (Wildman–Crippen MR) is 110 cm³/mol. The summed E-state index contributed by atoms with van der Waals surface area (Å²) in [6, 6.07) is 7.75. The molecule has 1 aromatic rings. The highest BCUT2D eigenvalue weighted by Gasteiger charge is 2.27. The van der Waals surface area contributed by atoms with Crippen molar-refractivity contribution in [2.24, 2.45) is 4.99 Å². The van der Waals surface area contributed by atoms with Crippen molar-refractivity contribution in [2.45, 2.75) is 12.8 Å². The van der Waals surface area contributed by atoms with Crippen molar-refractivity contribution in [3.05, 3.63) is 34.9 Å². The maximum absolute atomic E-state index is 11.7. The van der Waals surface area contributed by atoms with Gasteiger partial charge in [0.25, 0.3) is 0 Å². The lowest BCUT2D eigenvalue weighted by Crippen LogP contribution is -2.42. The standard InChI is InChI=1S/C15H23ClN4O2S.HI/c1-17-15(18-8-7-13-3-5-14(16)6-4-13)19-9-11-20-10-2-12-23(20,21)22;/h3-6H,2,7-12H2,1H3,(H2,17,18,19);1H. The number of guanidine groups is 1. The van der Waals surface area contributed by atoms with E-state index < -0.39 is 10.0 Å². The molecule has 6 nitrogen and oxygen atoms in total. The highest BCUT2D eigenvalue weighted by Crippen LogP contribution is 2.11. The van der Waals surface area contributed by atoms with Crippen molar-refractivity contribution in [1.82, 2.24) is 14.9 Å². The molecule has 1 fully saturated rings. The fraction of sp³-hybridized carbons (Fsp3) is 0.533. The number of halogens is 2. The monoisotopic (exact) mass is 486 g/mol. The molecule has 0 spiro atoms. The number of nitrogens with zero attached hydrogens (tertiary/aromatic N) is 2. The molecule has 1 aliphatic rings. The summed E-state index contributed by atoms with van der Waals surface area (Å²) < 4.78 is 24.9. The molecule has 2 N–H and O–H groups in total. The van der Waals surface area contributed by atoms with Gasteiger partial charge in [-0.3, -0.25) is 4.99 Å². The molecule has 0 radical (unpaired) electrons. The van der Waals surface area contributed by atoms with Crippen LogP contribution in [0, 0.1) is 0 Å². The number of rotatable bonds is 6. The summed E-state index contributed by atoms with van der Waals surface area (Å²) >= 11 is 5.86. The molecule has 0 amide bonds. The molecule has 1 heterocycles. The summed E-state index contributed by atoms with van der Waals surface area (Å²) in [5.41, 5.74) is 1.19. The van der Waals surface area contributed by atoms with Crippen LogP contribution in [0.3, 0.4) is 0 Å². The molecular weight excluding hydrogens is 463 g/mol. The van der Waals surface area contributed by atoms with E-state index >= 15 is 0 Å². The number of sulfonamides is 1. The van der Waals surface area contributed by atoms with Crippen molar-refractivity contribution < 1.29 is 8.42 Å². The Bertz CT molecular complexity index is 637. The SMILES string of the molecule is CN=C(NCCc1ccc(Cl)cc1)NCCN1CCCS1(=O)=O.I. The number of aliphatic imine (C=N–C) groups is 1. The maximum atomic E-state index is 11.7. The molecule has 1 aliphatic heterocycles. The van der Waals surface area contributed by atoms with Crippen molar-refractivity contribution in [1.29, 1.82) is 0 Å². The Morgan fingerprint density at radius 3 is 2.50 bits per heavy atom. The zero-order valence-electron chi connectivity index (χ0n) is 13.7. The molecule has 0 bridgehead atoms. The van der Waals surface area contributed by atoms with Crippen molar-refractivity contribution in [2.75, 3.05) is 39.0 Å². The topological polar surface area (TPSA) is 73.8 Å². The van der Waals surface area contributed by atoms with Crippen molar-refractivity contribution >= 4 is 51.6 Å². The van der Waals surface area contributed by atoms with Crippen LogP contribution in [0.1, 0.15) is 12.0 Å². The van der Waals surface area contributed by atoms with E-state index in [1.807, 2.05) is 24.3 Å². The quantitative estimate of drug-likeness (QED) is 0.365. The molecule has 0 aliphatic carbocycles. The van der Waals surface area contributed by atoms with Gasteiger partial charge in [-0.2, -0.15) is 0 Å². The number of benzene rings is 1. The third-order valence-corrected chi connectivity index (χ3v) is 5.91. The minimum absolute atomic E-state index is 0. The van der Waals surface area contributed by atoms with Crippen LogP contribution in [0.4, 0.5) is 0 Å². The highest BCUT2D eigenvalue weighted by molar-refractivity contribution is 14.0. The lowest BCUT2D eigenvalue weighted by molar-refractivity contribution is 0.445. The third-order valence-electron chi connectivity index (χ3n) is 3.70. The molecule has 0 unspecified atom stereocenters. The summed E-state index contributed by atoms with van der Waals surface area (Å²) in [5, 5.41) is 7.09. The molecule has 1 aromatic carbocycles. The Hall–Kier alpha value is -0.580. The Kier molecular flexibility index (Phi) is 9.32. The Balaban J connectivity index is 0.00000288. The van der Waals surface area contributed by atoms with Gasteiger partial charge in [-0.1, -0.05) is 23.7 Å². The molecule has 9 heteroatoms. The van der Waals surface area contributed by atoms with E-state index in [0.717, 1.165) is 24.4 Å². The zero-order chi connectivity index (χ0) is 16.7. The van der Waals surface area contributed by atoms with E-state index in [1.54, 1.807) is 7.05 Å². The van der Waals surface area contributed by atoms with Gasteiger partial charge in [0.05, 0.1) is 5.75 Å². The Morgan fingerprint density at radius 2 is 1.92 bits per heavy atom. The number of nitrogens with one attached hydrogen (secondary N) is 2. The highest BCUT2D eigenvalue weighted by atomic mass is 127. The first-order chi connectivity index (χ1) is 11.0. The average molecular weight is 487 g/mol. The third kappa shape index (κ3) is 6.73. The second kappa shape index (κ2) is 10.4. The first kappa shape index (κ1) is 21.5. The molecule has 136 valence electrons. The summed E-state index contributed by atoms with van der Waals surface area (Å²) in [4.78, 5) is 4.14. The van der Waals surface area contributed by atoms with E-state index in [0.29, 0.717) is 25.6 Å². The van der Waals surface area contributed by atoms with Crippen LogP contribution in [-0.4, -0.2) is 57.7 Å². The summed E-state index contributed by atoms with van der Waals surface area (Å²) in [5.74, 6) is 0.941. The first-order valence-corrected chi connectivity index (χ1v) is 9.67. The van der Waals surface area contributed by atoms with Gasteiger partial charge in [0, 0.05) is 38.2 Å². The van der Waals surface area contributed by atoms with Crippen molar-refractivity contribution in [3.8, 4) is 0 Å². The van der Waals surface area contributed by atoms with Gasteiger partial charge in [0.2, 0.25) is 10.0 Å². The van der Waals surface area contributed by atoms with Crippen LogP contribution in [0.25, 0.3) is 0 Å². The minimum Gasteiger partial charge on any atom is -0.356 e. The van der Waals surface area contributed by atoms with Crippen LogP contribution in [0.2, 0.25) is 5.02 Å². The summed E-state index contributed by atoms with van der Waals surface area (Å²) in [6.45, 7) is 2.37. The van der Waals surface area contributed by atoms with Crippen LogP contribution in [0.5, 0.6) is 0 Å². The van der Waals surface area contributed by atoms with E-state index in [9.17, 15) is 8.42 Å². The van der Waals surface area contributed by atoms with E-state index in [1.165, 1.54) is 9.87 Å². The molecule has 24 heavy (non-hydrogen) atoms. The Labute approximate surface area is 166 Å². The fourth-order valence-electron chi connectivity index (χ4n) is 2.44. The molecule has 0 aromatic heterocycles. The van der Waals surface area contributed by atoms with Crippen LogP contribution in [0.15, 0.2) is 29.3 Å². The normalized spacial score (nSPS) is 17.3. The van der Waals surface area contributed by atoms with E-state index in [2.05, 4.69) is 15.6 Å².